The van der Waals surface area contributed by atoms with E-state index >= 15 is 0 Å². The molecule has 0 aromatic rings. The van der Waals surface area contributed by atoms with Crippen molar-refractivity contribution in [2.75, 3.05) is 0 Å². The molecule has 5 N–H and O–H groups in total. The Kier molecular flexibility index (Phi) is 6.69. The highest BCUT2D eigenvalue weighted by molar-refractivity contribution is 5.89. The molecule has 0 heterocycles. The van der Waals surface area contributed by atoms with Gasteiger partial charge in [0.15, 0.2) is 0 Å². The maximum Gasteiger partial charge on any atom is 0.326 e. The average Bonchev–Trinajstić information content (AvgIpc) is 2.22. The van der Waals surface area contributed by atoms with Gasteiger partial charge in [0.2, 0.25) is 5.91 Å². The summed E-state index contributed by atoms with van der Waals surface area (Å²) >= 11 is 0. The molecule has 7 nitrogen and oxygen atoms in total. The minimum Gasteiger partial charge on any atom is -0.480 e. The summed E-state index contributed by atoms with van der Waals surface area (Å²) in [7, 11) is 0. The fourth-order valence-corrected chi connectivity index (χ4v) is 1.24. The predicted molar refractivity (Wildman–Crippen MR) is 61.3 cm³/mol. The lowest BCUT2D eigenvalue weighted by Crippen LogP contribution is -2.51. The van der Waals surface area contributed by atoms with Crippen LogP contribution in [0.3, 0.4) is 0 Å². The van der Waals surface area contributed by atoms with Crippen molar-refractivity contribution in [3.63, 3.8) is 0 Å². The van der Waals surface area contributed by atoms with Crippen molar-refractivity contribution in [2.45, 2.75) is 45.2 Å². The largest absolute Gasteiger partial charge is 0.480 e. The van der Waals surface area contributed by atoms with Gasteiger partial charge in [-0.25, -0.2) is 9.59 Å². The number of unbranched alkanes of at least 4 members (excludes halogenated alkanes) is 1. The van der Waals surface area contributed by atoms with E-state index in [4.69, 9.17) is 10.8 Å². The number of amides is 3. The fourth-order valence-electron chi connectivity index (χ4n) is 1.24. The highest BCUT2D eigenvalue weighted by atomic mass is 16.4. The van der Waals surface area contributed by atoms with Crippen LogP contribution in [0.15, 0.2) is 0 Å². The summed E-state index contributed by atoms with van der Waals surface area (Å²) in [6, 6.07) is -2.61. The van der Waals surface area contributed by atoms with Crippen LogP contribution in [-0.2, 0) is 9.59 Å². The smallest absolute Gasteiger partial charge is 0.326 e. The molecule has 0 aliphatic rings. The van der Waals surface area contributed by atoms with E-state index in [1.807, 2.05) is 6.92 Å². The number of hydrogen-bond acceptors (Lipinski definition) is 3. The Morgan fingerprint density at radius 3 is 2.29 bits per heavy atom. The van der Waals surface area contributed by atoms with E-state index in [0.717, 1.165) is 6.42 Å². The molecule has 0 rings (SSSR count). The van der Waals surface area contributed by atoms with Crippen molar-refractivity contribution < 1.29 is 19.5 Å². The number of carbonyl (C=O) groups excluding carboxylic acids is 2. The van der Waals surface area contributed by atoms with Crippen molar-refractivity contribution in [1.82, 2.24) is 10.6 Å². The summed E-state index contributed by atoms with van der Waals surface area (Å²) in [5.74, 6) is -1.65. The van der Waals surface area contributed by atoms with Crippen molar-refractivity contribution in [3.8, 4) is 0 Å². The number of nitrogens with two attached hydrogens (primary N) is 1. The van der Waals surface area contributed by atoms with Crippen LogP contribution < -0.4 is 16.4 Å². The van der Waals surface area contributed by atoms with Crippen molar-refractivity contribution in [1.29, 1.82) is 0 Å². The predicted octanol–water partition coefficient (Wildman–Crippen LogP) is -0.197. The highest BCUT2D eigenvalue weighted by Gasteiger charge is 2.22. The van der Waals surface area contributed by atoms with Crippen LogP contribution in [0.5, 0.6) is 0 Å². The van der Waals surface area contributed by atoms with Crippen molar-refractivity contribution in [2.24, 2.45) is 5.73 Å². The van der Waals surface area contributed by atoms with Crippen LogP contribution in [0.1, 0.15) is 33.1 Å². The van der Waals surface area contributed by atoms with E-state index < -0.39 is 30.0 Å². The normalized spacial score (nSPS) is 13.5. The Balaban J connectivity index is 4.29. The molecule has 0 radical (unpaired) electrons. The monoisotopic (exact) mass is 245 g/mol. The first-order valence-electron chi connectivity index (χ1n) is 5.47. The second-order valence-electron chi connectivity index (χ2n) is 3.77. The Hall–Kier alpha value is -1.79. The molecule has 2 atom stereocenters. The number of carboxylic acids is 1. The molecule has 0 aromatic heterocycles. The Morgan fingerprint density at radius 2 is 1.88 bits per heavy atom. The number of carbonyl (C=O) groups is 3. The van der Waals surface area contributed by atoms with E-state index in [1.54, 1.807) is 0 Å². The minimum atomic E-state index is -1.09. The quantitative estimate of drug-likeness (QED) is 0.496. The summed E-state index contributed by atoms with van der Waals surface area (Å²) in [5, 5.41) is 13.4. The van der Waals surface area contributed by atoms with E-state index in [2.05, 4.69) is 10.6 Å². The molecular weight excluding hydrogens is 226 g/mol. The SMILES string of the molecule is CCCCC(NC(=O)C(C)NC(N)=O)C(=O)O. The highest BCUT2D eigenvalue weighted by Crippen LogP contribution is 2.01. The van der Waals surface area contributed by atoms with Gasteiger partial charge >= 0.3 is 12.0 Å². The summed E-state index contributed by atoms with van der Waals surface area (Å²) in [6.45, 7) is 3.36. The van der Waals surface area contributed by atoms with Crippen LogP contribution in [-0.4, -0.2) is 35.1 Å². The van der Waals surface area contributed by atoms with Crippen LogP contribution in [0.25, 0.3) is 0 Å². The third-order valence-electron chi connectivity index (χ3n) is 2.21. The van der Waals surface area contributed by atoms with Gasteiger partial charge in [-0.3, -0.25) is 4.79 Å². The molecule has 17 heavy (non-hydrogen) atoms. The van der Waals surface area contributed by atoms with Gasteiger partial charge in [0.1, 0.15) is 12.1 Å². The lowest BCUT2D eigenvalue weighted by atomic mass is 10.1. The maximum atomic E-state index is 11.5. The molecule has 0 fully saturated rings. The molecule has 2 unspecified atom stereocenters. The summed E-state index contributed by atoms with van der Waals surface area (Å²) in [4.78, 5) is 32.9. The molecule has 0 aliphatic heterocycles. The summed E-state index contributed by atoms with van der Waals surface area (Å²) in [5.41, 5.74) is 4.86. The van der Waals surface area contributed by atoms with Gasteiger partial charge in [0.25, 0.3) is 0 Å². The van der Waals surface area contributed by atoms with Gasteiger partial charge in [-0.05, 0) is 13.3 Å². The first-order valence-corrected chi connectivity index (χ1v) is 5.47. The average molecular weight is 245 g/mol. The Bertz CT molecular complexity index is 293. The van der Waals surface area contributed by atoms with Crippen molar-refractivity contribution >= 4 is 17.9 Å². The summed E-state index contributed by atoms with van der Waals surface area (Å²) < 4.78 is 0. The lowest BCUT2D eigenvalue weighted by Gasteiger charge is -2.17. The molecule has 3 amide bonds. The van der Waals surface area contributed by atoms with E-state index in [1.165, 1.54) is 6.92 Å². The van der Waals surface area contributed by atoms with Crippen LogP contribution in [0.2, 0.25) is 0 Å². The molecule has 0 saturated carbocycles. The molecular formula is C10H19N3O4. The molecule has 0 aliphatic carbocycles. The van der Waals surface area contributed by atoms with Crippen LogP contribution in [0.4, 0.5) is 4.79 Å². The van der Waals surface area contributed by atoms with E-state index in [-0.39, 0.29) is 0 Å². The molecule has 7 heteroatoms. The molecule has 0 spiro atoms. The van der Waals surface area contributed by atoms with Crippen LogP contribution in [0, 0.1) is 0 Å². The van der Waals surface area contributed by atoms with Gasteiger partial charge in [0.05, 0.1) is 0 Å². The topological polar surface area (TPSA) is 122 Å². The Labute approximate surface area is 99.7 Å². The fraction of sp³-hybridized carbons (Fsp3) is 0.700. The third kappa shape index (κ3) is 6.39. The molecule has 0 saturated heterocycles. The van der Waals surface area contributed by atoms with Gasteiger partial charge in [-0.1, -0.05) is 19.8 Å². The zero-order valence-corrected chi connectivity index (χ0v) is 10.0. The van der Waals surface area contributed by atoms with Crippen LogP contribution >= 0.6 is 0 Å². The first-order chi connectivity index (χ1) is 7.88. The molecule has 98 valence electrons. The Morgan fingerprint density at radius 1 is 1.29 bits per heavy atom. The number of rotatable bonds is 7. The number of nitrogens with one attached hydrogen (secondary N) is 2. The van der Waals surface area contributed by atoms with Gasteiger partial charge in [0, 0.05) is 0 Å². The first kappa shape index (κ1) is 15.2. The molecule has 0 bridgehead atoms. The number of primary amides is 1. The standard InChI is InChI=1S/C10H19N3O4/c1-3-4-5-7(9(15)16)13-8(14)6(2)12-10(11)17/h6-7H,3-5H2,1-2H3,(H,13,14)(H,15,16)(H3,11,12,17). The van der Waals surface area contributed by atoms with E-state index in [9.17, 15) is 14.4 Å². The zero-order chi connectivity index (χ0) is 13.4. The van der Waals surface area contributed by atoms with E-state index in [0.29, 0.717) is 12.8 Å². The lowest BCUT2D eigenvalue weighted by molar-refractivity contribution is -0.142. The number of urea groups is 1. The maximum absolute atomic E-state index is 11.5. The van der Waals surface area contributed by atoms with Gasteiger partial charge < -0.3 is 21.5 Å². The zero-order valence-electron chi connectivity index (χ0n) is 10.0. The third-order valence-corrected chi connectivity index (χ3v) is 2.21. The number of hydrogen-bond donors (Lipinski definition) is 4. The minimum absolute atomic E-state index is 0.362. The second-order valence-corrected chi connectivity index (χ2v) is 3.77. The van der Waals surface area contributed by atoms with Crippen molar-refractivity contribution in [3.05, 3.63) is 0 Å². The van der Waals surface area contributed by atoms with Gasteiger partial charge in [-0.2, -0.15) is 0 Å². The number of carboxylic acid groups (broad SMARTS) is 1. The molecule has 0 aromatic carbocycles. The number of aliphatic carboxylic acids is 1. The second kappa shape index (κ2) is 7.48. The van der Waals surface area contributed by atoms with Gasteiger partial charge in [-0.15, -0.1) is 0 Å². The summed E-state index contributed by atoms with van der Waals surface area (Å²) in [6.07, 6.45) is 1.91.